The number of Topliss-reactive ketones (excluding diaryl/α,β-unsaturated/α-hetero) is 1. The van der Waals surface area contributed by atoms with E-state index in [-0.39, 0.29) is 24.3 Å². The largest absolute Gasteiger partial charge is 0.380 e. The van der Waals surface area contributed by atoms with Gasteiger partial charge in [0.2, 0.25) is 5.91 Å². The summed E-state index contributed by atoms with van der Waals surface area (Å²) >= 11 is 0. The zero-order valence-electron chi connectivity index (χ0n) is 6.91. The van der Waals surface area contributed by atoms with E-state index in [1.54, 1.807) is 0 Å². The molecule has 1 N–H and O–H groups in total. The molecule has 0 bridgehead atoms. The lowest BCUT2D eigenvalue weighted by atomic mass is 9.75. The highest BCUT2D eigenvalue weighted by molar-refractivity contribution is 5.97. The van der Waals surface area contributed by atoms with Crippen molar-refractivity contribution in [3.05, 3.63) is 0 Å². The summed E-state index contributed by atoms with van der Waals surface area (Å²) in [6.45, 7) is 1.52. The van der Waals surface area contributed by atoms with Gasteiger partial charge in [0.05, 0.1) is 12.6 Å². The van der Waals surface area contributed by atoms with Crippen molar-refractivity contribution >= 4 is 11.7 Å². The Morgan fingerprint density at radius 2 is 2.42 bits per heavy atom. The Hall–Kier alpha value is -0.900. The van der Waals surface area contributed by atoms with Crippen LogP contribution in [0.5, 0.6) is 0 Å². The van der Waals surface area contributed by atoms with Crippen LogP contribution in [0, 0.1) is 0 Å². The van der Waals surface area contributed by atoms with E-state index in [9.17, 15) is 14.7 Å². The second kappa shape index (κ2) is 2.07. The molecule has 0 radical (unpaired) electrons. The van der Waals surface area contributed by atoms with Gasteiger partial charge in [-0.05, 0) is 12.8 Å². The van der Waals surface area contributed by atoms with Crippen molar-refractivity contribution < 1.29 is 14.7 Å². The standard InChI is InChI=1S/C8H11NO3/c1-5(10)9-4-7(11)8(12)3-2-6(8)9/h6,12H,2-4H2,1H3/t6?,8-/m0/s1. The van der Waals surface area contributed by atoms with Gasteiger partial charge in [0.1, 0.15) is 5.60 Å². The van der Waals surface area contributed by atoms with Crippen molar-refractivity contribution in [3.8, 4) is 0 Å². The van der Waals surface area contributed by atoms with Crippen molar-refractivity contribution in [3.63, 3.8) is 0 Å². The molecule has 66 valence electrons. The fourth-order valence-corrected chi connectivity index (χ4v) is 2.02. The Kier molecular flexibility index (Phi) is 1.33. The first-order valence-electron chi connectivity index (χ1n) is 4.08. The Morgan fingerprint density at radius 3 is 2.67 bits per heavy atom. The van der Waals surface area contributed by atoms with E-state index in [0.29, 0.717) is 6.42 Å². The summed E-state index contributed by atoms with van der Waals surface area (Å²) in [6.07, 6.45) is 1.27. The summed E-state index contributed by atoms with van der Waals surface area (Å²) in [5, 5.41) is 9.69. The minimum Gasteiger partial charge on any atom is -0.380 e. The number of fused-ring (bicyclic) bond motifs is 1. The van der Waals surface area contributed by atoms with E-state index in [2.05, 4.69) is 0 Å². The van der Waals surface area contributed by atoms with Crippen LogP contribution in [0.3, 0.4) is 0 Å². The van der Waals surface area contributed by atoms with Crippen molar-refractivity contribution in [2.45, 2.75) is 31.4 Å². The second-order valence-corrected chi connectivity index (χ2v) is 3.55. The van der Waals surface area contributed by atoms with Crippen LogP contribution in [0.2, 0.25) is 0 Å². The number of amides is 1. The van der Waals surface area contributed by atoms with Gasteiger partial charge in [-0.1, -0.05) is 0 Å². The van der Waals surface area contributed by atoms with Gasteiger partial charge in [-0.25, -0.2) is 0 Å². The third-order valence-electron chi connectivity index (χ3n) is 2.93. The minimum absolute atomic E-state index is 0.0937. The van der Waals surface area contributed by atoms with Crippen molar-refractivity contribution in [2.24, 2.45) is 0 Å². The van der Waals surface area contributed by atoms with Crippen LogP contribution in [0.25, 0.3) is 0 Å². The van der Waals surface area contributed by atoms with Crippen molar-refractivity contribution in [2.75, 3.05) is 6.54 Å². The van der Waals surface area contributed by atoms with E-state index < -0.39 is 5.60 Å². The first-order chi connectivity index (χ1) is 5.55. The summed E-state index contributed by atoms with van der Waals surface area (Å²) in [5.41, 5.74) is -1.19. The molecule has 2 fully saturated rings. The number of aliphatic hydroxyl groups is 1. The molecular weight excluding hydrogens is 158 g/mol. The monoisotopic (exact) mass is 169 g/mol. The second-order valence-electron chi connectivity index (χ2n) is 3.55. The molecule has 1 saturated heterocycles. The van der Waals surface area contributed by atoms with Crippen LogP contribution in [0.4, 0.5) is 0 Å². The van der Waals surface area contributed by atoms with E-state index in [1.807, 2.05) is 0 Å². The Morgan fingerprint density at radius 1 is 1.75 bits per heavy atom. The Bertz CT molecular complexity index is 263. The number of hydrogen-bond acceptors (Lipinski definition) is 3. The number of carbonyl (C=O) groups is 2. The summed E-state index contributed by atoms with van der Waals surface area (Å²) < 4.78 is 0. The Balaban J connectivity index is 2.26. The number of hydrogen-bond donors (Lipinski definition) is 1. The Labute approximate surface area is 70.2 Å². The third-order valence-corrected chi connectivity index (χ3v) is 2.93. The van der Waals surface area contributed by atoms with Crippen LogP contribution in [-0.4, -0.2) is 39.9 Å². The molecule has 1 heterocycles. The van der Waals surface area contributed by atoms with Crippen LogP contribution in [0.15, 0.2) is 0 Å². The lowest BCUT2D eigenvalue weighted by Gasteiger charge is -2.41. The molecular formula is C8H11NO3. The summed E-state index contributed by atoms with van der Waals surface area (Å²) in [5.74, 6) is -0.321. The van der Waals surface area contributed by atoms with Gasteiger partial charge < -0.3 is 10.0 Å². The van der Waals surface area contributed by atoms with Crippen LogP contribution in [0.1, 0.15) is 19.8 Å². The molecule has 4 heteroatoms. The summed E-state index contributed by atoms with van der Waals surface area (Å²) in [7, 11) is 0. The fraction of sp³-hybridized carbons (Fsp3) is 0.750. The zero-order chi connectivity index (χ0) is 8.93. The number of rotatable bonds is 0. The molecule has 0 aromatic rings. The maximum atomic E-state index is 11.2. The van der Waals surface area contributed by atoms with Crippen LogP contribution >= 0.6 is 0 Å². The maximum Gasteiger partial charge on any atom is 0.220 e. The van der Waals surface area contributed by atoms with Crippen molar-refractivity contribution in [1.29, 1.82) is 0 Å². The lowest BCUT2D eigenvalue weighted by molar-refractivity contribution is -0.146. The first kappa shape index (κ1) is 7.73. The lowest BCUT2D eigenvalue weighted by Crippen LogP contribution is -2.56. The molecule has 12 heavy (non-hydrogen) atoms. The highest BCUT2D eigenvalue weighted by Gasteiger charge is 2.59. The molecule has 1 aliphatic heterocycles. The molecule has 1 aliphatic carbocycles. The van der Waals surface area contributed by atoms with Gasteiger partial charge >= 0.3 is 0 Å². The first-order valence-corrected chi connectivity index (χ1v) is 4.08. The molecule has 2 aliphatic rings. The quantitative estimate of drug-likeness (QED) is 0.522. The van der Waals surface area contributed by atoms with E-state index in [4.69, 9.17) is 0 Å². The number of ketones is 1. The molecule has 1 saturated carbocycles. The van der Waals surface area contributed by atoms with Gasteiger partial charge in [-0.15, -0.1) is 0 Å². The SMILES string of the molecule is CC(=O)N1CC(=O)[C@]2(O)CCC12. The topological polar surface area (TPSA) is 57.6 Å². The zero-order valence-corrected chi connectivity index (χ0v) is 6.91. The third kappa shape index (κ3) is 0.705. The number of likely N-dealkylation sites (tertiary alicyclic amines) is 1. The van der Waals surface area contributed by atoms with E-state index in [0.717, 1.165) is 6.42 Å². The van der Waals surface area contributed by atoms with Gasteiger partial charge in [-0.3, -0.25) is 9.59 Å². The van der Waals surface area contributed by atoms with Gasteiger partial charge in [0.15, 0.2) is 5.78 Å². The normalized spacial score (nSPS) is 39.3. The molecule has 0 aromatic carbocycles. The fourth-order valence-electron chi connectivity index (χ4n) is 2.02. The van der Waals surface area contributed by atoms with Gasteiger partial charge in [-0.2, -0.15) is 0 Å². The highest BCUT2D eigenvalue weighted by atomic mass is 16.3. The predicted octanol–water partition coefficient (Wildman–Crippen LogP) is -0.689. The smallest absolute Gasteiger partial charge is 0.220 e. The molecule has 1 unspecified atom stereocenters. The van der Waals surface area contributed by atoms with E-state index in [1.165, 1.54) is 11.8 Å². The van der Waals surface area contributed by atoms with E-state index >= 15 is 0 Å². The van der Waals surface area contributed by atoms with Crippen LogP contribution in [-0.2, 0) is 9.59 Å². The molecule has 1 amide bonds. The predicted molar refractivity (Wildman–Crippen MR) is 40.4 cm³/mol. The van der Waals surface area contributed by atoms with Gasteiger partial charge in [0, 0.05) is 6.92 Å². The number of carbonyl (C=O) groups excluding carboxylic acids is 2. The molecule has 2 atom stereocenters. The molecule has 0 aromatic heterocycles. The average Bonchev–Trinajstić information content (AvgIpc) is 2.12. The minimum atomic E-state index is -1.19. The highest BCUT2D eigenvalue weighted by Crippen LogP contribution is 2.41. The molecule has 0 spiro atoms. The maximum absolute atomic E-state index is 11.2. The van der Waals surface area contributed by atoms with Gasteiger partial charge in [0.25, 0.3) is 0 Å². The average molecular weight is 169 g/mol. The van der Waals surface area contributed by atoms with Crippen LogP contribution < -0.4 is 0 Å². The summed E-state index contributed by atoms with van der Waals surface area (Å²) in [4.78, 5) is 23.7. The summed E-state index contributed by atoms with van der Waals surface area (Å²) in [6, 6.07) is -0.234. The number of nitrogens with zero attached hydrogens (tertiary/aromatic N) is 1. The molecule has 2 rings (SSSR count). The van der Waals surface area contributed by atoms with Crippen molar-refractivity contribution in [1.82, 2.24) is 4.90 Å². The molecule has 4 nitrogen and oxygen atoms in total.